The molecule has 21 atom stereocenters. The molecular weight excluding hydrogens is 724 g/mol. The molecule has 16 nitrogen and oxygen atoms in total. The van der Waals surface area contributed by atoms with Crippen LogP contribution in [-0.2, 0) is 33.2 Å². The van der Waals surface area contributed by atoms with Crippen LogP contribution >= 0.6 is 0 Å². The normalized spacial score (nSPS) is 52.7. The van der Waals surface area contributed by atoms with Crippen molar-refractivity contribution in [2.24, 2.45) is 28.6 Å². The third-order valence-electron chi connectivity index (χ3n) is 14.4. The Kier molecular flexibility index (Phi) is 12.1. The SMILES string of the molecule is CC(=O)C1=CC[C@H]2C3CC=C4C[C@@H](O[C@@H]5O[C@H](CO)[C@@H](O[C@@H]6O[C@H](CO)[C@@H](O)[C@H](O)[C@H]6O)[C@H](O)[C@H]5O[C@@H]5O[C@H](C)[C@@H](O)[C@H](O)[C@H]5O)CC[C@]4(C)C3CC[C@]12C. The summed E-state index contributed by atoms with van der Waals surface area (Å²) in [5.41, 5.74) is 2.09. The van der Waals surface area contributed by atoms with E-state index in [0.29, 0.717) is 30.6 Å². The third-order valence-corrected chi connectivity index (χ3v) is 14.4. The summed E-state index contributed by atoms with van der Waals surface area (Å²) in [6, 6.07) is 0. The monoisotopic (exact) mass is 784 g/mol. The molecule has 7 rings (SSSR count). The number of allylic oxidation sites excluding steroid dienone is 3. The smallest absolute Gasteiger partial charge is 0.187 e. The number of carbonyl (C=O) groups excluding carboxylic acids is 1. The molecule has 0 amide bonds. The second-order valence-corrected chi connectivity index (χ2v) is 17.4. The summed E-state index contributed by atoms with van der Waals surface area (Å²) in [5.74, 6) is 1.48. The van der Waals surface area contributed by atoms with E-state index in [1.54, 1.807) is 6.92 Å². The lowest BCUT2D eigenvalue weighted by atomic mass is 9.47. The Balaban J connectivity index is 1.10. The van der Waals surface area contributed by atoms with E-state index in [-0.39, 0.29) is 16.6 Å². The van der Waals surface area contributed by atoms with Crippen LogP contribution in [0.25, 0.3) is 0 Å². The van der Waals surface area contributed by atoms with Crippen molar-refractivity contribution in [2.45, 2.75) is 171 Å². The third kappa shape index (κ3) is 7.20. The number of ketones is 1. The van der Waals surface area contributed by atoms with Gasteiger partial charge in [0, 0.05) is 0 Å². The molecule has 55 heavy (non-hydrogen) atoms. The van der Waals surface area contributed by atoms with E-state index < -0.39 is 111 Å². The molecular formula is C39H60O16. The van der Waals surface area contributed by atoms with Gasteiger partial charge >= 0.3 is 0 Å². The molecule has 16 heteroatoms. The average molecular weight is 785 g/mol. The molecule has 9 N–H and O–H groups in total. The lowest BCUT2D eigenvalue weighted by molar-refractivity contribution is -0.389. The fourth-order valence-corrected chi connectivity index (χ4v) is 11.1. The van der Waals surface area contributed by atoms with E-state index in [1.165, 1.54) is 12.5 Å². The molecule has 0 radical (unpaired) electrons. The van der Waals surface area contributed by atoms with E-state index in [1.807, 2.05) is 0 Å². The Morgan fingerprint density at radius 3 is 1.98 bits per heavy atom. The van der Waals surface area contributed by atoms with Crippen LogP contribution in [0.4, 0.5) is 0 Å². The van der Waals surface area contributed by atoms with Gasteiger partial charge in [-0.2, -0.15) is 0 Å². The minimum absolute atomic E-state index is 0.0724. The van der Waals surface area contributed by atoms with Crippen molar-refractivity contribution in [3.8, 4) is 0 Å². The van der Waals surface area contributed by atoms with Crippen molar-refractivity contribution >= 4 is 5.78 Å². The molecule has 0 aromatic heterocycles. The van der Waals surface area contributed by atoms with Crippen molar-refractivity contribution in [2.75, 3.05) is 13.2 Å². The number of fused-ring (bicyclic) bond motifs is 5. The molecule has 2 unspecified atom stereocenters. The fraction of sp³-hybridized carbons (Fsp3) is 0.872. The summed E-state index contributed by atoms with van der Waals surface area (Å²) in [6.45, 7) is 6.32. The number of rotatable bonds is 9. The van der Waals surface area contributed by atoms with Gasteiger partial charge in [0.1, 0.15) is 67.1 Å². The van der Waals surface area contributed by atoms with Crippen molar-refractivity contribution < 1.29 is 79.2 Å². The predicted octanol–water partition coefficient (Wildman–Crippen LogP) is -1.06. The van der Waals surface area contributed by atoms with Gasteiger partial charge in [-0.3, -0.25) is 4.79 Å². The quantitative estimate of drug-likeness (QED) is 0.126. The summed E-state index contributed by atoms with van der Waals surface area (Å²) >= 11 is 0. The zero-order valence-electron chi connectivity index (χ0n) is 31.9. The molecule has 2 saturated carbocycles. The molecule has 7 aliphatic rings. The minimum Gasteiger partial charge on any atom is -0.394 e. The summed E-state index contributed by atoms with van der Waals surface area (Å²) < 4.78 is 36.0. The molecule has 3 saturated heterocycles. The zero-order chi connectivity index (χ0) is 39.7. The van der Waals surface area contributed by atoms with Crippen LogP contribution in [0.1, 0.15) is 72.6 Å². The van der Waals surface area contributed by atoms with Gasteiger partial charge in [-0.05, 0) is 93.0 Å². The maximum atomic E-state index is 12.5. The second-order valence-electron chi connectivity index (χ2n) is 17.4. The number of Topliss-reactive ketones (excluding diaryl/α,β-unsaturated/α-hetero) is 1. The molecule has 4 aliphatic carbocycles. The van der Waals surface area contributed by atoms with Crippen molar-refractivity contribution in [1.29, 1.82) is 0 Å². The van der Waals surface area contributed by atoms with E-state index in [0.717, 1.165) is 37.7 Å². The lowest BCUT2D eigenvalue weighted by Gasteiger charge is -2.58. The zero-order valence-corrected chi connectivity index (χ0v) is 31.9. The van der Waals surface area contributed by atoms with E-state index >= 15 is 0 Å². The van der Waals surface area contributed by atoms with Crippen LogP contribution in [0, 0.1) is 28.6 Å². The number of hydrogen-bond donors (Lipinski definition) is 9. The number of aliphatic hydroxyl groups is 9. The van der Waals surface area contributed by atoms with Crippen LogP contribution in [0.3, 0.4) is 0 Å². The molecule has 0 bridgehead atoms. The molecule has 0 aromatic rings. The first kappa shape index (κ1) is 41.7. The summed E-state index contributed by atoms with van der Waals surface area (Å²) in [5, 5.41) is 95.0. The fourth-order valence-electron chi connectivity index (χ4n) is 11.1. The first-order chi connectivity index (χ1) is 26.0. The number of ether oxygens (including phenoxy) is 6. The first-order valence-electron chi connectivity index (χ1n) is 19.9. The Morgan fingerprint density at radius 1 is 0.691 bits per heavy atom. The molecule has 5 fully saturated rings. The summed E-state index contributed by atoms with van der Waals surface area (Å²) in [4.78, 5) is 12.5. The van der Waals surface area contributed by atoms with Crippen LogP contribution in [0.5, 0.6) is 0 Å². The first-order valence-corrected chi connectivity index (χ1v) is 19.9. The molecule has 3 heterocycles. The molecule has 0 aromatic carbocycles. The van der Waals surface area contributed by atoms with Crippen LogP contribution in [-0.4, -0.2) is 163 Å². The van der Waals surface area contributed by atoms with Gasteiger partial charge in [-0.25, -0.2) is 0 Å². The average Bonchev–Trinajstić information content (AvgIpc) is 3.52. The highest BCUT2D eigenvalue weighted by atomic mass is 16.8. The minimum atomic E-state index is -1.82. The van der Waals surface area contributed by atoms with Crippen LogP contribution in [0.2, 0.25) is 0 Å². The van der Waals surface area contributed by atoms with Crippen molar-refractivity contribution in [1.82, 2.24) is 0 Å². The molecule has 312 valence electrons. The highest BCUT2D eigenvalue weighted by molar-refractivity contribution is 5.95. The summed E-state index contributed by atoms with van der Waals surface area (Å²) in [6.07, 6.45) is -13.1. The van der Waals surface area contributed by atoms with Gasteiger partial charge in [0.05, 0.1) is 25.4 Å². The maximum Gasteiger partial charge on any atom is 0.187 e. The van der Waals surface area contributed by atoms with E-state index in [4.69, 9.17) is 28.4 Å². The van der Waals surface area contributed by atoms with Crippen LogP contribution < -0.4 is 0 Å². The number of aliphatic hydroxyl groups excluding tert-OH is 9. The van der Waals surface area contributed by atoms with E-state index in [2.05, 4.69) is 26.0 Å². The van der Waals surface area contributed by atoms with Crippen molar-refractivity contribution in [3.63, 3.8) is 0 Å². The summed E-state index contributed by atoms with van der Waals surface area (Å²) in [7, 11) is 0. The van der Waals surface area contributed by atoms with Gasteiger partial charge in [-0.15, -0.1) is 0 Å². The second kappa shape index (κ2) is 16.0. The Morgan fingerprint density at radius 2 is 1.31 bits per heavy atom. The number of carbonyl (C=O) groups is 1. The Labute approximate surface area is 320 Å². The van der Waals surface area contributed by atoms with Gasteiger partial charge in [0.2, 0.25) is 0 Å². The largest absolute Gasteiger partial charge is 0.394 e. The van der Waals surface area contributed by atoms with Gasteiger partial charge < -0.3 is 74.4 Å². The topological polar surface area (TPSA) is 255 Å². The molecule has 0 spiro atoms. The predicted molar refractivity (Wildman–Crippen MR) is 188 cm³/mol. The van der Waals surface area contributed by atoms with Crippen molar-refractivity contribution in [3.05, 3.63) is 23.3 Å². The van der Waals surface area contributed by atoms with Crippen LogP contribution in [0.15, 0.2) is 23.3 Å². The highest BCUT2D eigenvalue weighted by Crippen LogP contribution is 2.65. The van der Waals surface area contributed by atoms with Gasteiger partial charge in [0.25, 0.3) is 0 Å². The standard InChI is InChI=1S/C39H60O16/c1-16(42)21-7-8-22-20-6-5-18-13-19(9-11-38(18,3)23(20)10-12-39(21,22)4)51-37-34(55-35-30(47)28(45)26(43)17(2)50-35)32(49)33(25(15-41)53-37)54-36-31(48)29(46)27(44)24(14-40)52-36/h5,7,17,19-20,22-37,40-41,43-49H,6,8-15H2,1-4H3/t17-,19+,20?,22+,23?,24-,25-,26-,27-,28+,29+,30-,31-,32+,33-,34-,35+,36+,37-,38+,39-/m1/s1. The number of hydrogen-bond acceptors (Lipinski definition) is 16. The Bertz CT molecular complexity index is 1460. The maximum absolute atomic E-state index is 12.5. The Hall–Kier alpha value is -1.45. The lowest BCUT2D eigenvalue weighted by Crippen LogP contribution is -2.67. The molecule has 3 aliphatic heterocycles. The van der Waals surface area contributed by atoms with Gasteiger partial charge in [-0.1, -0.05) is 31.6 Å². The van der Waals surface area contributed by atoms with Gasteiger partial charge in [0.15, 0.2) is 24.7 Å². The highest BCUT2D eigenvalue weighted by Gasteiger charge is 2.59. The van der Waals surface area contributed by atoms with E-state index in [9.17, 15) is 50.8 Å².